The van der Waals surface area contributed by atoms with Gasteiger partial charge in [0.2, 0.25) is 0 Å². The zero-order chi connectivity index (χ0) is 17.1. The minimum absolute atomic E-state index is 0.0350. The largest absolute Gasteiger partial charge is 0.350 e. The monoisotopic (exact) mass is 338 g/mol. The zero-order valence-corrected chi connectivity index (χ0v) is 15.1. The first-order chi connectivity index (χ1) is 11.6. The molecule has 1 aliphatic rings. The Hall–Kier alpha value is -2.07. The van der Waals surface area contributed by atoms with Crippen LogP contribution >= 0.6 is 11.8 Å². The summed E-state index contributed by atoms with van der Waals surface area (Å²) in [5.74, 6) is -0.0350. The predicted octanol–water partition coefficient (Wildman–Crippen LogP) is 5.21. The average Bonchev–Trinajstić information content (AvgIpc) is 2.76. The van der Waals surface area contributed by atoms with E-state index < -0.39 is 0 Å². The highest BCUT2D eigenvalue weighted by Crippen LogP contribution is 2.41. The van der Waals surface area contributed by atoms with Gasteiger partial charge in [-0.2, -0.15) is 0 Å². The van der Waals surface area contributed by atoms with E-state index in [1.54, 1.807) is 11.8 Å². The van der Waals surface area contributed by atoms with E-state index in [1.165, 1.54) is 10.5 Å². The number of carbonyl (C=O) groups excluding carboxylic acids is 1. The summed E-state index contributed by atoms with van der Waals surface area (Å²) in [5, 5.41) is 3.02. The summed E-state index contributed by atoms with van der Waals surface area (Å²) in [4.78, 5) is 19.6. The summed E-state index contributed by atoms with van der Waals surface area (Å²) in [6.07, 6.45) is 1.78. The Morgan fingerprint density at radius 1 is 1.17 bits per heavy atom. The van der Waals surface area contributed by atoms with Crippen molar-refractivity contribution in [3.8, 4) is 0 Å². The lowest BCUT2D eigenvalue weighted by molar-refractivity contribution is 0.0939. The zero-order valence-electron chi connectivity index (χ0n) is 14.3. The fourth-order valence-corrected chi connectivity index (χ4v) is 3.65. The number of rotatable bonds is 4. The minimum atomic E-state index is -0.0350. The maximum atomic E-state index is 12.4. The molecule has 0 spiro atoms. The van der Waals surface area contributed by atoms with Gasteiger partial charge in [-0.05, 0) is 44.0 Å². The summed E-state index contributed by atoms with van der Waals surface area (Å²) < 4.78 is 0. The van der Waals surface area contributed by atoms with E-state index in [-0.39, 0.29) is 11.9 Å². The van der Waals surface area contributed by atoms with Crippen LogP contribution in [0.5, 0.6) is 0 Å². The fourth-order valence-electron chi connectivity index (χ4n) is 2.63. The van der Waals surface area contributed by atoms with Crippen LogP contribution in [0.4, 0.5) is 5.69 Å². The van der Waals surface area contributed by atoms with Gasteiger partial charge < -0.3 is 5.32 Å². The Labute approximate surface area is 147 Å². The molecule has 1 atom stereocenters. The van der Waals surface area contributed by atoms with Crippen LogP contribution in [0.25, 0.3) is 0 Å². The Morgan fingerprint density at radius 3 is 2.71 bits per heavy atom. The molecule has 0 fully saturated rings. The van der Waals surface area contributed by atoms with Gasteiger partial charge in [-0.1, -0.05) is 43.8 Å². The second kappa shape index (κ2) is 7.22. The molecule has 0 saturated carbocycles. The van der Waals surface area contributed by atoms with Crippen LogP contribution in [0.3, 0.4) is 0 Å². The highest BCUT2D eigenvalue weighted by atomic mass is 32.2. The van der Waals surface area contributed by atoms with Gasteiger partial charge in [-0.25, -0.2) is 0 Å². The second-order valence-corrected chi connectivity index (χ2v) is 7.06. The Balaban J connectivity index is 2.00. The molecule has 2 aromatic rings. The summed E-state index contributed by atoms with van der Waals surface area (Å²) in [7, 11) is 0. The number of hydrogen-bond acceptors (Lipinski definition) is 3. The molecule has 0 aliphatic carbocycles. The van der Waals surface area contributed by atoms with E-state index >= 15 is 0 Å². The molecule has 24 heavy (non-hydrogen) atoms. The van der Waals surface area contributed by atoms with Gasteiger partial charge in [0.1, 0.15) is 0 Å². The number of fused-ring (bicyclic) bond motifs is 2. The van der Waals surface area contributed by atoms with Crippen LogP contribution < -0.4 is 5.32 Å². The van der Waals surface area contributed by atoms with Crippen LogP contribution in [0.1, 0.15) is 49.5 Å². The van der Waals surface area contributed by atoms with Gasteiger partial charge in [0, 0.05) is 32.7 Å². The van der Waals surface area contributed by atoms with Crippen molar-refractivity contribution in [2.45, 2.75) is 49.4 Å². The van der Waals surface area contributed by atoms with Gasteiger partial charge in [-0.15, -0.1) is 0 Å². The normalized spacial score (nSPS) is 14.0. The molecule has 4 heteroatoms. The van der Waals surface area contributed by atoms with Gasteiger partial charge >= 0.3 is 0 Å². The minimum Gasteiger partial charge on any atom is -0.350 e. The average molecular weight is 338 g/mol. The van der Waals surface area contributed by atoms with Crippen LogP contribution in [-0.2, 0) is 0 Å². The lowest BCUT2D eigenvalue weighted by Crippen LogP contribution is -2.31. The van der Waals surface area contributed by atoms with Crippen molar-refractivity contribution in [2.75, 3.05) is 0 Å². The smallest absolute Gasteiger partial charge is 0.251 e. The van der Waals surface area contributed by atoms with Crippen molar-refractivity contribution >= 4 is 29.1 Å². The predicted molar refractivity (Wildman–Crippen MR) is 101 cm³/mol. The Kier molecular flexibility index (Phi) is 5.05. The third-order valence-corrected chi connectivity index (χ3v) is 5.36. The number of nitrogens with one attached hydrogen (secondary N) is 1. The first-order valence-corrected chi connectivity index (χ1v) is 9.23. The van der Waals surface area contributed by atoms with Gasteiger partial charge in [0.25, 0.3) is 5.91 Å². The van der Waals surface area contributed by atoms with Crippen LogP contribution in [0, 0.1) is 0 Å². The summed E-state index contributed by atoms with van der Waals surface area (Å²) in [6.45, 7) is 6.19. The number of aliphatic imine (C=N–C) groups is 1. The third kappa shape index (κ3) is 3.39. The van der Waals surface area contributed by atoms with Crippen LogP contribution in [0.2, 0.25) is 0 Å². The molecule has 1 aliphatic heterocycles. The molecule has 0 bridgehead atoms. The van der Waals surface area contributed by atoms with E-state index in [0.717, 1.165) is 29.1 Å². The maximum Gasteiger partial charge on any atom is 0.251 e. The molecule has 124 valence electrons. The first-order valence-electron chi connectivity index (χ1n) is 8.42. The van der Waals surface area contributed by atoms with E-state index in [0.29, 0.717) is 5.56 Å². The van der Waals surface area contributed by atoms with Crippen molar-refractivity contribution < 1.29 is 4.79 Å². The van der Waals surface area contributed by atoms with Crippen LogP contribution in [-0.4, -0.2) is 17.7 Å². The number of benzene rings is 2. The molecular weight excluding hydrogens is 316 g/mol. The molecular formula is C20H22N2OS. The molecule has 3 nitrogen and oxygen atoms in total. The SMILES string of the molecule is CCC1=Nc2cc(C(=O)N[C@@H](C)CC)ccc2Sc2ccccc21. The van der Waals surface area contributed by atoms with E-state index in [9.17, 15) is 4.79 Å². The third-order valence-electron chi connectivity index (χ3n) is 4.22. The molecule has 1 heterocycles. The molecule has 2 aromatic carbocycles. The fraction of sp³-hybridized carbons (Fsp3) is 0.300. The quantitative estimate of drug-likeness (QED) is 0.831. The second-order valence-electron chi connectivity index (χ2n) is 5.98. The molecule has 1 N–H and O–H groups in total. The van der Waals surface area contributed by atoms with E-state index in [4.69, 9.17) is 4.99 Å². The molecule has 3 rings (SSSR count). The van der Waals surface area contributed by atoms with Crippen molar-refractivity contribution in [3.63, 3.8) is 0 Å². The van der Waals surface area contributed by atoms with Gasteiger partial charge in [0.15, 0.2) is 0 Å². The summed E-state index contributed by atoms with van der Waals surface area (Å²) in [6, 6.07) is 14.3. The summed E-state index contributed by atoms with van der Waals surface area (Å²) >= 11 is 1.71. The van der Waals surface area contributed by atoms with Crippen molar-refractivity contribution in [2.24, 2.45) is 4.99 Å². The topological polar surface area (TPSA) is 41.5 Å². The highest BCUT2D eigenvalue weighted by molar-refractivity contribution is 7.99. The standard InChI is InChI=1S/C20H22N2OS/c1-4-13(3)21-20(23)14-10-11-19-17(12-14)22-16(5-2)15-8-6-7-9-18(15)24-19/h6-13H,4-5H2,1-3H3,(H,21,23)/t13-/m0/s1. The molecule has 0 radical (unpaired) electrons. The van der Waals surface area contributed by atoms with Crippen molar-refractivity contribution in [3.05, 3.63) is 53.6 Å². The Morgan fingerprint density at radius 2 is 1.96 bits per heavy atom. The Bertz CT molecular complexity index is 798. The molecule has 0 saturated heterocycles. The van der Waals surface area contributed by atoms with E-state index in [2.05, 4.69) is 37.4 Å². The maximum absolute atomic E-state index is 12.4. The number of hydrogen-bond donors (Lipinski definition) is 1. The van der Waals surface area contributed by atoms with Crippen molar-refractivity contribution in [1.82, 2.24) is 5.32 Å². The van der Waals surface area contributed by atoms with Gasteiger partial charge in [-0.3, -0.25) is 9.79 Å². The van der Waals surface area contributed by atoms with Gasteiger partial charge in [0.05, 0.1) is 5.69 Å². The van der Waals surface area contributed by atoms with E-state index in [1.807, 2.05) is 31.2 Å². The number of carbonyl (C=O) groups is 1. The highest BCUT2D eigenvalue weighted by Gasteiger charge is 2.18. The van der Waals surface area contributed by atoms with Crippen molar-refractivity contribution in [1.29, 1.82) is 0 Å². The van der Waals surface area contributed by atoms with Crippen LogP contribution in [0.15, 0.2) is 57.2 Å². The first kappa shape index (κ1) is 16.8. The molecule has 0 aromatic heterocycles. The molecule has 0 unspecified atom stereocenters. The lowest BCUT2D eigenvalue weighted by Gasteiger charge is -2.12. The number of nitrogens with zero attached hydrogens (tertiary/aromatic N) is 1. The molecule has 1 amide bonds. The lowest BCUT2D eigenvalue weighted by atomic mass is 10.1. The number of amides is 1. The summed E-state index contributed by atoms with van der Waals surface area (Å²) in [5.41, 5.74) is 3.80.